The zero-order valence-corrected chi connectivity index (χ0v) is 24.6. The second kappa shape index (κ2) is 11.2. The molecule has 2 aromatic heterocycles. The van der Waals surface area contributed by atoms with Gasteiger partial charge in [-0.2, -0.15) is 0 Å². The topological polar surface area (TPSA) is 38.7 Å². The molecule has 3 nitrogen and oxygen atoms in total. The van der Waals surface area contributed by atoms with Crippen LogP contribution in [0.5, 0.6) is 0 Å². The third kappa shape index (κ3) is 5.05. The molecule has 0 atom stereocenters. The summed E-state index contributed by atoms with van der Waals surface area (Å²) in [6.07, 6.45) is 0. The van der Waals surface area contributed by atoms with Crippen molar-refractivity contribution in [2.45, 2.75) is 0 Å². The summed E-state index contributed by atoms with van der Waals surface area (Å²) < 4.78 is 31.5. The molecule has 0 aliphatic heterocycles. The van der Waals surface area contributed by atoms with Gasteiger partial charge in [0.05, 0.1) is 0 Å². The van der Waals surface area contributed by atoms with Crippen molar-refractivity contribution in [2.75, 3.05) is 0 Å². The van der Waals surface area contributed by atoms with Crippen LogP contribution >= 0.6 is 11.3 Å². The van der Waals surface area contributed by atoms with Crippen molar-refractivity contribution in [2.24, 2.45) is 0 Å². The Bertz CT molecular complexity index is 2290. The molecule has 2 heterocycles. The molecule has 214 valence electrons. The molecule has 8 aromatic rings. The Morgan fingerprint density at radius 1 is 0.422 bits per heavy atom. The molecule has 0 N–H and O–H groups in total. The van der Waals surface area contributed by atoms with E-state index in [1.807, 2.05) is 97.1 Å². The molecule has 6 heteroatoms. The zero-order chi connectivity index (χ0) is 30.3. The molecule has 0 aliphatic rings. The van der Waals surface area contributed by atoms with Crippen molar-refractivity contribution in [3.8, 4) is 56.4 Å². The van der Waals surface area contributed by atoms with Crippen molar-refractivity contribution in [3.63, 3.8) is 0 Å². The van der Waals surface area contributed by atoms with Crippen LogP contribution in [-0.4, -0.2) is 15.0 Å². The molecule has 0 radical (unpaired) electrons. The average molecular weight is 604 g/mol. The fourth-order valence-electron chi connectivity index (χ4n) is 5.68. The molecule has 45 heavy (non-hydrogen) atoms. The molecule has 0 fully saturated rings. The zero-order valence-electron chi connectivity index (χ0n) is 23.8. The third-order valence-electron chi connectivity index (χ3n) is 7.87. The van der Waals surface area contributed by atoms with Gasteiger partial charge in [0.2, 0.25) is 0 Å². The minimum Gasteiger partial charge on any atom is -0.208 e. The Kier molecular flexibility index (Phi) is 6.69. The lowest BCUT2D eigenvalue weighted by Crippen LogP contribution is -2.00. The van der Waals surface area contributed by atoms with E-state index in [2.05, 4.69) is 12.1 Å². The lowest BCUT2D eigenvalue weighted by atomic mass is 9.96. The number of hydrogen-bond acceptors (Lipinski definition) is 4. The first-order valence-corrected chi connectivity index (χ1v) is 15.3. The molecule has 0 aliphatic carbocycles. The van der Waals surface area contributed by atoms with Crippen LogP contribution in [0.25, 0.3) is 76.6 Å². The predicted octanol–water partition coefficient (Wildman–Crippen LogP) is 10.9. The van der Waals surface area contributed by atoms with Crippen molar-refractivity contribution < 1.29 is 8.78 Å². The highest BCUT2D eigenvalue weighted by atomic mass is 32.1. The van der Waals surface area contributed by atoms with Gasteiger partial charge in [0.1, 0.15) is 11.6 Å². The van der Waals surface area contributed by atoms with Crippen LogP contribution in [-0.2, 0) is 0 Å². The van der Waals surface area contributed by atoms with Gasteiger partial charge < -0.3 is 0 Å². The fourth-order valence-corrected chi connectivity index (χ4v) is 6.94. The summed E-state index contributed by atoms with van der Waals surface area (Å²) in [5, 5.41) is 2.10. The minimum absolute atomic E-state index is 0.252. The molecule has 0 saturated heterocycles. The highest BCUT2D eigenvalue weighted by molar-refractivity contribution is 7.26. The van der Waals surface area contributed by atoms with Gasteiger partial charge >= 0.3 is 0 Å². The summed E-state index contributed by atoms with van der Waals surface area (Å²) in [5.41, 5.74) is 5.57. The highest BCUT2D eigenvalue weighted by Crippen LogP contribution is 2.41. The molecule has 8 rings (SSSR count). The van der Waals surface area contributed by atoms with E-state index in [0.29, 0.717) is 28.6 Å². The lowest BCUT2D eigenvalue weighted by molar-refractivity contribution is 0.630. The third-order valence-corrected chi connectivity index (χ3v) is 9.07. The van der Waals surface area contributed by atoms with Gasteiger partial charge in [0.15, 0.2) is 17.5 Å². The average Bonchev–Trinajstić information content (AvgIpc) is 3.47. The Hall–Kier alpha value is -5.59. The number of halogens is 2. The van der Waals surface area contributed by atoms with Crippen LogP contribution in [0.15, 0.2) is 140 Å². The van der Waals surface area contributed by atoms with E-state index < -0.39 is 0 Å². The van der Waals surface area contributed by atoms with Gasteiger partial charge in [-0.15, -0.1) is 11.3 Å². The Morgan fingerprint density at radius 3 is 1.71 bits per heavy atom. The quantitative estimate of drug-likeness (QED) is 0.196. The van der Waals surface area contributed by atoms with Crippen LogP contribution in [0, 0.1) is 11.6 Å². The minimum atomic E-state index is -0.341. The van der Waals surface area contributed by atoms with Crippen molar-refractivity contribution in [3.05, 3.63) is 151 Å². The van der Waals surface area contributed by atoms with E-state index in [-0.39, 0.29) is 11.6 Å². The lowest BCUT2D eigenvalue weighted by Gasteiger charge is -2.11. The largest absolute Gasteiger partial charge is 0.208 e. The molecule has 6 aromatic carbocycles. The van der Waals surface area contributed by atoms with E-state index in [0.717, 1.165) is 48.0 Å². The number of rotatable bonds is 5. The summed E-state index contributed by atoms with van der Waals surface area (Å²) in [7, 11) is 0. The smallest absolute Gasteiger partial charge is 0.164 e. The SMILES string of the molecule is Fc1ccc2c(c1)sc1c(-c3cccc(-c4cc(-c5nc(-c6ccccc6)nc(-c6ccccc6)n5)ccc4F)c3)cccc12. The van der Waals surface area contributed by atoms with Crippen molar-refractivity contribution in [1.82, 2.24) is 15.0 Å². The first-order valence-electron chi connectivity index (χ1n) is 14.5. The Balaban J connectivity index is 1.24. The Labute approximate surface area is 262 Å². The second-order valence-electron chi connectivity index (χ2n) is 10.7. The Morgan fingerprint density at radius 2 is 1.02 bits per heavy atom. The first kappa shape index (κ1) is 27.0. The van der Waals surface area contributed by atoms with Gasteiger partial charge in [-0.1, -0.05) is 103 Å². The normalized spacial score (nSPS) is 11.3. The molecule has 0 spiro atoms. The van der Waals surface area contributed by atoms with Crippen LogP contribution in [0.3, 0.4) is 0 Å². The van der Waals surface area contributed by atoms with Crippen molar-refractivity contribution in [1.29, 1.82) is 0 Å². The molecule has 0 saturated carbocycles. The molecule has 0 unspecified atom stereocenters. The van der Waals surface area contributed by atoms with E-state index in [4.69, 9.17) is 15.0 Å². The molecular formula is C39H23F2N3S. The van der Waals surface area contributed by atoms with E-state index >= 15 is 4.39 Å². The second-order valence-corrected chi connectivity index (χ2v) is 11.8. The summed E-state index contributed by atoms with van der Waals surface area (Å²) in [5.74, 6) is 0.958. The summed E-state index contributed by atoms with van der Waals surface area (Å²) in [6.45, 7) is 0. The maximum Gasteiger partial charge on any atom is 0.164 e. The fraction of sp³-hybridized carbons (Fsp3) is 0. The van der Waals surface area contributed by atoms with Gasteiger partial charge in [0.25, 0.3) is 0 Å². The van der Waals surface area contributed by atoms with Crippen LogP contribution in [0.1, 0.15) is 0 Å². The maximum atomic E-state index is 15.5. The number of hydrogen-bond donors (Lipinski definition) is 0. The van der Waals surface area contributed by atoms with Gasteiger partial charge in [-0.3, -0.25) is 0 Å². The monoisotopic (exact) mass is 603 g/mol. The van der Waals surface area contributed by atoms with Crippen molar-refractivity contribution >= 4 is 31.5 Å². The van der Waals surface area contributed by atoms with E-state index in [1.165, 1.54) is 12.1 Å². The number of nitrogens with zero attached hydrogens (tertiary/aromatic N) is 3. The molecular weight excluding hydrogens is 581 g/mol. The van der Waals surface area contributed by atoms with Crippen LogP contribution < -0.4 is 0 Å². The standard InChI is InChI=1S/C39H23F2N3S/c40-29-18-19-31-32-16-8-15-30(36(32)45-35(31)23-29)26-13-7-14-27(21-26)33-22-28(17-20-34(33)41)39-43-37(24-9-3-1-4-10-24)42-38(44-39)25-11-5-2-6-12-25/h1-23H. The predicted molar refractivity (Wildman–Crippen MR) is 180 cm³/mol. The number of benzene rings is 6. The molecule has 0 amide bonds. The summed E-state index contributed by atoms with van der Waals surface area (Å²) in [4.78, 5) is 14.4. The van der Waals surface area contributed by atoms with Crippen LogP contribution in [0.4, 0.5) is 8.78 Å². The molecule has 0 bridgehead atoms. The van der Waals surface area contributed by atoms with E-state index in [9.17, 15) is 4.39 Å². The number of aromatic nitrogens is 3. The summed E-state index contributed by atoms with van der Waals surface area (Å²) in [6, 6.07) is 43.4. The number of thiophene rings is 1. The van der Waals surface area contributed by atoms with E-state index in [1.54, 1.807) is 29.5 Å². The van der Waals surface area contributed by atoms with Gasteiger partial charge in [-0.25, -0.2) is 23.7 Å². The van der Waals surface area contributed by atoms with Gasteiger partial charge in [0, 0.05) is 42.4 Å². The van der Waals surface area contributed by atoms with Gasteiger partial charge in [-0.05, 0) is 53.1 Å². The highest BCUT2D eigenvalue weighted by Gasteiger charge is 2.16. The maximum absolute atomic E-state index is 15.5. The first-order chi connectivity index (χ1) is 22.1. The number of fused-ring (bicyclic) bond motifs is 3. The van der Waals surface area contributed by atoms with Crippen LogP contribution in [0.2, 0.25) is 0 Å². The summed E-state index contributed by atoms with van der Waals surface area (Å²) >= 11 is 1.56.